The van der Waals surface area contributed by atoms with Crippen molar-refractivity contribution in [2.45, 2.75) is 39.2 Å². The molecule has 0 unspecified atom stereocenters. The second-order valence-electron chi connectivity index (χ2n) is 8.37. The Labute approximate surface area is 174 Å². The standard InChI is InChI=1S/C22H31N3O3S/c1-16(17-8-12-19(13-9-17)22(2,3)4)23-21(26)18-10-14-20(15-11-18)25(7)29(27,28)24(5)6/h8-16H,1-7H3,(H,23,26)/t16-/m1/s1. The summed E-state index contributed by atoms with van der Waals surface area (Å²) in [4.78, 5) is 12.6. The molecule has 0 fully saturated rings. The highest BCUT2D eigenvalue weighted by atomic mass is 32.2. The van der Waals surface area contributed by atoms with Gasteiger partial charge < -0.3 is 5.32 Å². The smallest absolute Gasteiger partial charge is 0.303 e. The normalized spacial score (nSPS) is 13.2. The van der Waals surface area contributed by atoms with E-state index in [1.54, 1.807) is 24.3 Å². The summed E-state index contributed by atoms with van der Waals surface area (Å²) in [6, 6.07) is 14.6. The molecule has 0 bridgehead atoms. The summed E-state index contributed by atoms with van der Waals surface area (Å²) in [5, 5.41) is 2.99. The van der Waals surface area contributed by atoms with Gasteiger partial charge in [0.1, 0.15) is 0 Å². The van der Waals surface area contributed by atoms with Crippen molar-refractivity contribution >= 4 is 21.8 Å². The number of carbonyl (C=O) groups excluding carboxylic acids is 1. The molecule has 0 aromatic heterocycles. The number of nitrogens with zero attached hydrogens (tertiary/aromatic N) is 2. The van der Waals surface area contributed by atoms with E-state index in [-0.39, 0.29) is 17.4 Å². The van der Waals surface area contributed by atoms with Gasteiger partial charge in [0.05, 0.1) is 11.7 Å². The number of hydrogen-bond donors (Lipinski definition) is 1. The summed E-state index contributed by atoms with van der Waals surface area (Å²) < 4.78 is 26.7. The number of benzene rings is 2. The second-order valence-corrected chi connectivity index (χ2v) is 10.5. The maximum Gasteiger partial charge on any atom is 0.303 e. The van der Waals surface area contributed by atoms with Gasteiger partial charge in [0.15, 0.2) is 0 Å². The van der Waals surface area contributed by atoms with Crippen LogP contribution in [0.2, 0.25) is 0 Å². The maximum absolute atomic E-state index is 12.6. The van der Waals surface area contributed by atoms with E-state index >= 15 is 0 Å². The molecule has 2 rings (SSSR count). The average Bonchev–Trinajstić information content (AvgIpc) is 2.66. The monoisotopic (exact) mass is 417 g/mol. The van der Waals surface area contributed by atoms with Gasteiger partial charge in [-0.25, -0.2) is 0 Å². The molecule has 2 aromatic carbocycles. The molecule has 0 aliphatic heterocycles. The number of amides is 1. The third-order valence-corrected chi connectivity index (χ3v) is 6.75. The highest BCUT2D eigenvalue weighted by Crippen LogP contribution is 2.24. The van der Waals surface area contributed by atoms with Crippen molar-refractivity contribution in [3.05, 3.63) is 65.2 Å². The minimum Gasteiger partial charge on any atom is -0.346 e. The first-order chi connectivity index (χ1) is 13.3. The van der Waals surface area contributed by atoms with Crippen LogP contribution in [-0.2, 0) is 15.6 Å². The van der Waals surface area contributed by atoms with E-state index in [1.165, 1.54) is 31.0 Å². The van der Waals surface area contributed by atoms with Crippen molar-refractivity contribution in [2.75, 3.05) is 25.4 Å². The summed E-state index contributed by atoms with van der Waals surface area (Å²) >= 11 is 0. The van der Waals surface area contributed by atoms with E-state index in [0.717, 1.165) is 9.87 Å². The zero-order valence-corrected chi connectivity index (χ0v) is 19.0. The van der Waals surface area contributed by atoms with E-state index < -0.39 is 10.2 Å². The Bertz CT molecular complexity index is 944. The van der Waals surface area contributed by atoms with E-state index in [1.807, 2.05) is 19.1 Å². The van der Waals surface area contributed by atoms with Crippen LogP contribution in [0.25, 0.3) is 0 Å². The topological polar surface area (TPSA) is 69.7 Å². The van der Waals surface area contributed by atoms with E-state index in [4.69, 9.17) is 0 Å². The molecule has 0 spiro atoms. The molecule has 6 nitrogen and oxygen atoms in total. The molecule has 0 heterocycles. The van der Waals surface area contributed by atoms with Crippen molar-refractivity contribution in [1.82, 2.24) is 9.62 Å². The highest BCUT2D eigenvalue weighted by molar-refractivity contribution is 7.90. The lowest BCUT2D eigenvalue weighted by Gasteiger charge is -2.23. The summed E-state index contributed by atoms with van der Waals surface area (Å²) in [6.45, 7) is 8.43. The van der Waals surface area contributed by atoms with Crippen LogP contribution in [-0.4, -0.2) is 39.8 Å². The molecule has 0 saturated heterocycles. The fourth-order valence-electron chi connectivity index (χ4n) is 2.84. The summed E-state index contributed by atoms with van der Waals surface area (Å²) in [5.41, 5.74) is 3.32. The molecular weight excluding hydrogens is 386 g/mol. The zero-order chi connectivity index (χ0) is 22.0. The number of nitrogens with one attached hydrogen (secondary N) is 1. The first-order valence-corrected chi connectivity index (χ1v) is 10.9. The Morgan fingerprint density at radius 3 is 1.90 bits per heavy atom. The average molecular weight is 418 g/mol. The first kappa shape index (κ1) is 22.9. The predicted octanol–water partition coefficient (Wildman–Crippen LogP) is 3.72. The van der Waals surface area contributed by atoms with Crippen LogP contribution < -0.4 is 9.62 Å². The number of hydrogen-bond acceptors (Lipinski definition) is 3. The van der Waals surface area contributed by atoms with Gasteiger partial charge in [0.25, 0.3) is 5.91 Å². The first-order valence-electron chi connectivity index (χ1n) is 9.52. The molecule has 1 amide bonds. The maximum atomic E-state index is 12.6. The number of rotatable bonds is 6. The molecule has 0 radical (unpaired) electrons. The Hall–Kier alpha value is -2.38. The Morgan fingerprint density at radius 2 is 1.45 bits per heavy atom. The SMILES string of the molecule is C[C@@H](NC(=O)c1ccc(N(C)S(=O)(=O)N(C)C)cc1)c1ccc(C(C)(C)C)cc1. The van der Waals surface area contributed by atoms with Gasteiger partial charge in [-0.1, -0.05) is 45.0 Å². The Morgan fingerprint density at radius 1 is 0.931 bits per heavy atom. The molecule has 0 aliphatic rings. The minimum absolute atomic E-state index is 0.0833. The minimum atomic E-state index is -3.57. The molecule has 0 saturated carbocycles. The van der Waals surface area contributed by atoms with Gasteiger partial charge in [0, 0.05) is 26.7 Å². The van der Waals surface area contributed by atoms with Crippen LogP contribution in [0.4, 0.5) is 5.69 Å². The molecule has 2 aromatic rings. The number of anilines is 1. The molecule has 158 valence electrons. The fraction of sp³-hybridized carbons (Fsp3) is 0.409. The lowest BCUT2D eigenvalue weighted by molar-refractivity contribution is 0.0940. The van der Waals surface area contributed by atoms with Crippen molar-refractivity contribution in [3.63, 3.8) is 0 Å². The van der Waals surface area contributed by atoms with Crippen LogP contribution in [0.5, 0.6) is 0 Å². The van der Waals surface area contributed by atoms with E-state index in [0.29, 0.717) is 11.3 Å². The largest absolute Gasteiger partial charge is 0.346 e. The lowest BCUT2D eigenvalue weighted by atomic mass is 9.86. The van der Waals surface area contributed by atoms with Crippen LogP contribution in [0.3, 0.4) is 0 Å². The summed E-state index contributed by atoms with van der Waals surface area (Å²) in [6.07, 6.45) is 0. The third-order valence-electron chi connectivity index (χ3n) is 4.92. The second kappa shape index (κ2) is 8.55. The van der Waals surface area contributed by atoms with Gasteiger partial charge in [0.2, 0.25) is 0 Å². The van der Waals surface area contributed by atoms with Crippen LogP contribution in [0, 0.1) is 0 Å². The van der Waals surface area contributed by atoms with Crippen molar-refractivity contribution < 1.29 is 13.2 Å². The Balaban J connectivity index is 2.09. The van der Waals surface area contributed by atoms with Crippen LogP contribution in [0.1, 0.15) is 55.2 Å². The zero-order valence-electron chi connectivity index (χ0n) is 18.2. The molecule has 1 N–H and O–H groups in total. The molecular formula is C22H31N3O3S. The fourth-order valence-corrected chi connectivity index (χ4v) is 3.71. The predicted molar refractivity (Wildman–Crippen MR) is 118 cm³/mol. The molecule has 7 heteroatoms. The van der Waals surface area contributed by atoms with Gasteiger partial charge >= 0.3 is 10.2 Å². The Kier molecular flexibility index (Phi) is 6.75. The summed E-state index contributed by atoms with van der Waals surface area (Å²) in [5.74, 6) is -0.206. The van der Waals surface area contributed by atoms with Gasteiger partial charge in [-0.05, 0) is 47.7 Å². The highest BCUT2D eigenvalue weighted by Gasteiger charge is 2.21. The van der Waals surface area contributed by atoms with Gasteiger partial charge in [-0.2, -0.15) is 12.7 Å². The van der Waals surface area contributed by atoms with Crippen molar-refractivity contribution in [1.29, 1.82) is 0 Å². The van der Waals surface area contributed by atoms with E-state index in [2.05, 4.69) is 38.2 Å². The van der Waals surface area contributed by atoms with Crippen molar-refractivity contribution in [3.8, 4) is 0 Å². The molecule has 29 heavy (non-hydrogen) atoms. The molecule has 1 atom stereocenters. The number of carbonyl (C=O) groups is 1. The third kappa shape index (κ3) is 5.36. The molecule has 0 aliphatic carbocycles. The van der Waals surface area contributed by atoms with Gasteiger partial charge in [-0.15, -0.1) is 0 Å². The van der Waals surface area contributed by atoms with Crippen LogP contribution >= 0.6 is 0 Å². The van der Waals surface area contributed by atoms with Gasteiger partial charge in [-0.3, -0.25) is 9.10 Å². The van der Waals surface area contributed by atoms with Crippen molar-refractivity contribution in [2.24, 2.45) is 0 Å². The van der Waals surface area contributed by atoms with E-state index in [9.17, 15) is 13.2 Å². The lowest BCUT2D eigenvalue weighted by Crippen LogP contribution is -2.37. The quantitative estimate of drug-likeness (QED) is 0.779. The summed E-state index contributed by atoms with van der Waals surface area (Å²) in [7, 11) is 0.864. The van der Waals surface area contributed by atoms with Crippen LogP contribution in [0.15, 0.2) is 48.5 Å².